The van der Waals surface area contributed by atoms with Crippen LogP contribution in [0.25, 0.3) is 0 Å². The molecular formula is C16H24N2. The van der Waals surface area contributed by atoms with E-state index in [4.69, 9.17) is 0 Å². The fraction of sp³-hybridized carbons (Fsp3) is 0.625. The molecule has 98 valence electrons. The number of hydrogen-bond acceptors (Lipinski definition) is 2. The van der Waals surface area contributed by atoms with Crippen LogP contribution in [-0.4, -0.2) is 37.1 Å². The number of nitrogens with zero attached hydrogens (tertiary/aromatic N) is 2. The van der Waals surface area contributed by atoms with E-state index in [1.807, 2.05) is 0 Å². The van der Waals surface area contributed by atoms with E-state index in [2.05, 4.69) is 47.1 Å². The summed E-state index contributed by atoms with van der Waals surface area (Å²) in [5.74, 6) is 0.946. The molecule has 0 spiro atoms. The van der Waals surface area contributed by atoms with Gasteiger partial charge in [-0.15, -0.1) is 0 Å². The maximum Gasteiger partial charge on any atom is 0.0367 e. The Bertz CT molecular complexity index is 368. The van der Waals surface area contributed by atoms with Gasteiger partial charge in [-0.05, 0) is 37.3 Å². The second-order valence-corrected chi connectivity index (χ2v) is 5.93. The molecule has 3 rings (SSSR count). The van der Waals surface area contributed by atoms with Gasteiger partial charge in [0.25, 0.3) is 0 Å². The monoisotopic (exact) mass is 244 g/mol. The van der Waals surface area contributed by atoms with Crippen LogP contribution in [0.1, 0.15) is 26.2 Å². The summed E-state index contributed by atoms with van der Waals surface area (Å²) in [4.78, 5) is 5.25. The molecule has 1 heterocycles. The number of anilines is 1. The molecule has 1 saturated carbocycles. The Labute approximate surface area is 111 Å². The average Bonchev–Trinajstić information content (AvgIpc) is 2.87. The third kappa shape index (κ3) is 2.54. The number of rotatable bonds is 2. The highest BCUT2D eigenvalue weighted by atomic mass is 15.3. The highest BCUT2D eigenvalue weighted by Crippen LogP contribution is 2.29. The molecule has 1 aromatic carbocycles. The molecule has 0 aromatic heterocycles. The van der Waals surface area contributed by atoms with Crippen molar-refractivity contribution in [2.75, 3.05) is 31.1 Å². The lowest BCUT2D eigenvalue weighted by atomic mass is 10.1. The van der Waals surface area contributed by atoms with Crippen molar-refractivity contribution in [3.8, 4) is 0 Å². The van der Waals surface area contributed by atoms with E-state index in [1.54, 1.807) is 0 Å². The number of hydrogen-bond donors (Lipinski definition) is 0. The van der Waals surface area contributed by atoms with E-state index in [0.717, 1.165) is 12.0 Å². The number of para-hydroxylation sites is 1. The molecule has 2 fully saturated rings. The molecule has 1 aromatic rings. The largest absolute Gasteiger partial charge is 0.369 e. The van der Waals surface area contributed by atoms with E-state index in [-0.39, 0.29) is 0 Å². The molecule has 18 heavy (non-hydrogen) atoms. The standard InChI is InChI=1S/C16H24N2/c1-14-7-8-16(13-14)18-11-9-17(10-12-18)15-5-3-2-4-6-15/h2-6,14,16H,7-13H2,1H3/t14-,16+/m0/s1. The molecule has 1 aliphatic carbocycles. The van der Waals surface area contributed by atoms with Crippen molar-refractivity contribution in [1.82, 2.24) is 4.90 Å². The summed E-state index contributed by atoms with van der Waals surface area (Å²) >= 11 is 0. The molecule has 0 unspecified atom stereocenters. The SMILES string of the molecule is C[C@H]1CC[C@@H](N2CCN(c3ccccc3)CC2)C1. The zero-order valence-corrected chi connectivity index (χ0v) is 11.4. The minimum Gasteiger partial charge on any atom is -0.369 e. The summed E-state index contributed by atoms with van der Waals surface area (Å²) in [6, 6.07) is 11.7. The highest BCUT2D eigenvalue weighted by Gasteiger charge is 2.29. The summed E-state index contributed by atoms with van der Waals surface area (Å²) in [6.45, 7) is 7.27. The minimum absolute atomic E-state index is 0.873. The Kier molecular flexibility index (Phi) is 3.55. The van der Waals surface area contributed by atoms with Gasteiger partial charge in [0.15, 0.2) is 0 Å². The summed E-state index contributed by atoms with van der Waals surface area (Å²) in [7, 11) is 0. The molecule has 1 aliphatic heterocycles. The third-order valence-electron chi connectivity index (χ3n) is 4.62. The van der Waals surface area contributed by atoms with Crippen LogP contribution in [0, 0.1) is 5.92 Å². The molecule has 0 radical (unpaired) electrons. The van der Waals surface area contributed by atoms with Gasteiger partial charge in [-0.25, -0.2) is 0 Å². The maximum atomic E-state index is 2.73. The summed E-state index contributed by atoms with van der Waals surface area (Å²) < 4.78 is 0. The predicted molar refractivity (Wildman–Crippen MR) is 77.0 cm³/mol. The molecular weight excluding hydrogens is 220 g/mol. The van der Waals surface area contributed by atoms with Crippen LogP contribution in [0.2, 0.25) is 0 Å². The van der Waals surface area contributed by atoms with Crippen LogP contribution in [0.15, 0.2) is 30.3 Å². The molecule has 0 bridgehead atoms. The van der Waals surface area contributed by atoms with E-state index in [1.165, 1.54) is 51.1 Å². The van der Waals surface area contributed by atoms with Crippen molar-refractivity contribution in [1.29, 1.82) is 0 Å². The van der Waals surface area contributed by atoms with Crippen molar-refractivity contribution >= 4 is 5.69 Å². The van der Waals surface area contributed by atoms with Crippen LogP contribution in [0.5, 0.6) is 0 Å². The van der Waals surface area contributed by atoms with E-state index >= 15 is 0 Å². The molecule has 2 nitrogen and oxygen atoms in total. The smallest absolute Gasteiger partial charge is 0.0367 e. The molecule has 2 atom stereocenters. The van der Waals surface area contributed by atoms with Gasteiger partial charge in [-0.1, -0.05) is 25.1 Å². The fourth-order valence-corrected chi connectivity index (χ4v) is 3.49. The van der Waals surface area contributed by atoms with E-state index in [9.17, 15) is 0 Å². The fourth-order valence-electron chi connectivity index (χ4n) is 3.49. The molecule has 2 heteroatoms. The number of benzene rings is 1. The van der Waals surface area contributed by atoms with Crippen LogP contribution in [-0.2, 0) is 0 Å². The quantitative estimate of drug-likeness (QED) is 0.789. The predicted octanol–water partition coefficient (Wildman–Crippen LogP) is 3.00. The van der Waals surface area contributed by atoms with Gasteiger partial charge in [0.1, 0.15) is 0 Å². The second kappa shape index (κ2) is 5.31. The summed E-state index contributed by atoms with van der Waals surface area (Å²) in [6.07, 6.45) is 4.28. The third-order valence-corrected chi connectivity index (χ3v) is 4.62. The van der Waals surface area contributed by atoms with Crippen molar-refractivity contribution in [2.24, 2.45) is 5.92 Å². The first-order valence-corrected chi connectivity index (χ1v) is 7.37. The first-order chi connectivity index (χ1) is 8.83. The first kappa shape index (κ1) is 12.0. The number of piperazine rings is 1. The van der Waals surface area contributed by atoms with Crippen molar-refractivity contribution in [3.05, 3.63) is 30.3 Å². The molecule has 0 amide bonds. The van der Waals surface area contributed by atoms with Crippen molar-refractivity contribution in [3.63, 3.8) is 0 Å². The molecule has 0 N–H and O–H groups in total. The van der Waals surface area contributed by atoms with Gasteiger partial charge in [0, 0.05) is 37.9 Å². The van der Waals surface area contributed by atoms with Crippen LogP contribution in [0.4, 0.5) is 5.69 Å². The van der Waals surface area contributed by atoms with Gasteiger partial charge in [0.05, 0.1) is 0 Å². The van der Waals surface area contributed by atoms with Gasteiger partial charge in [0.2, 0.25) is 0 Å². The summed E-state index contributed by atoms with van der Waals surface area (Å²) in [5.41, 5.74) is 1.39. The Hall–Kier alpha value is -1.02. The maximum absolute atomic E-state index is 2.73. The minimum atomic E-state index is 0.873. The van der Waals surface area contributed by atoms with E-state index < -0.39 is 0 Å². The lowest BCUT2D eigenvalue weighted by Crippen LogP contribution is -2.49. The first-order valence-electron chi connectivity index (χ1n) is 7.37. The second-order valence-electron chi connectivity index (χ2n) is 5.93. The molecule has 1 saturated heterocycles. The topological polar surface area (TPSA) is 6.48 Å². The Morgan fingerprint density at radius 3 is 2.28 bits per heavy atom. The highest BCUT2D eigenvalue weighted by molar-refractivity contribution is 5.46. The Morgan fingerprint density at radius 2 is 1.67 bits per heavy atom. The Morgan fingerprint density at radius 1 is 0.944 bits per heavy atom. The zero-order valence-electron chi connectivity index (χ0n) is 11.4. The lowest BCUT2D eigenvalue weighted by Gasteiger charge is -2.39. The van der Waals surface area contributed by atoms with Gasteiger partial charge in [-0.3, -0.25) is 4.90 Å². The van der Waals surface area contributed by atoms with Crippen LogP contribution >= 0.6 is 0 Å². The van der Waals surface area contributed by atoms with Gasteiger partial charge < -0.3 is 4.90 Å². The van der Waals surface area contributed by atoms with E-state index in [0.29, 0.717) is 0 Å². The lowest BCUT2D eigenvalue weighted by molar-refractivity contribution is 0.184. The van der Waals surface area contributed by atoms with Gasteiger partial charge in [-0.2, -0.15) is 0 Å². The van der Waals surface area contributed by atoms with Crippen molar-refractivity contribution in [2.45, 2.75) is 32.2 Å². The van der Waals surface area contributed by atoms with Crippen molar-refractivity contribution < 1.29 is 0 Å². The zero-order chi connectivity index (χ0) is 12.4. The van der Waals surface area contributed by atoms with Gasteiger partial charge >= 0.3 is 0 Å². The summed E-state index contributed by atoms with van der Waals surface area (Å²) in [5, 5.41) is 0. The normalized spacial score (nSPS) is 29.7. The molecule has 2 aliphatic rings. The van der Waals surface area contributed by atoms with Crippen LogP contribution in [0.3, 0.4) is 0 Å². The average molecular weight is 244 g/mol. The Balaban J connectivity index is 1.55. The van der Waals surface area contributed by atoms with Crippen LogP contribution < -0.4 is 4.90 Å².